The van der Waals surface area contributed by atoms with Crippen LogP contribution in [0.25, 0.3) is 0 Å². The molecule has 0 rings (SSSR count). The molecule has 24 radical (unpaired) electrons. The van der Waals surface area contributed by atoms with E-state index in [0.717, 1.165) is 0 Å². The average molecular weight is 1130 g/mol. The van der Waals surface area contributed by atoms with Gasteiger partial charge in [-0.15, -0.1) is 0 Å². The van der Waals surface area contributed by atoms with Gasteiger partial charge in [0, 0.05) is 168 Å². The van der Waals surface area contributed by atoms with Gasteiger partial charge in [0.2, 0.25) is 0 Å². The fourth-order valence-corrected chi connectivity index (χ4v) is 0. The van der Waals surface area contributed by atoms with Crippen molar-refractivity contribution in [2.45, 2.75) is 0 Å². The Morgan fingerprint density at radius 1 is 0.222 bits per heavy atom. The monoisotopic (exact) mass is 1140 g/mol. The van der Waals surface area contributed by atoms with Crippen molar-refractivity contribution in [3.05, 3.63) is 0 Å². The summed E-state index contributed by atoms with van der Waals surface area (Å²) in [5, 5.41) is 0. The molecule has 0 atom stereocenters. The standard InChI is InChI=1S/5Ge.4Ir. The van der Waals surface area contributed by atoms with Crippen LogP contribution in [0.2, 0.25) is 0 Å². The second-order valence-electron chi connectivity index (χ2n) is 0. The molecule has 0 unspecified atom stereocenters. The van der Waals surface area contributed by atoms with Gasteiger partial charge in [0.1, 0.15) is 0 Å². The quantitative estimate of drug-likeness (QED) is 0.249. The molecule has 0 aromatic heterocycles. The Labute approximate surface area is 165 Å². The van der Waals surface area contributed by atoms with Gasteiger partial charge in [-0.05, 0) is 0 Å². The van der Waals surface area contributed by atoms with Crippen molar-refractivity contribution in [1.29, 1.82) is 0 Å². The van der Waals surface area contributed by atoms with E-state index in [2.05, 4.69) is 0 Å². The molecule has 0 aromatic carbocycles. The van der Waals surface area contributed by atoms with Gasteiger partial charge in [0.05, 0.1) is 0 Å². The second-order valence-corrected chi connectivity index (χ2v) is 0. The van der Waals surface area contributed by atoms with Crippen LogP contribution < -0.4 is 0 Å². The minimum atomic E-state index is 0. The molecule has 56 valence electrons. The Kier molecular flexibility index (Phi) is 714. The van der Waals surface area contributed by atoms with E-state index in [9.17, 15) is 0 Å². The summed E-state index contributed by atoms with van der Waals surface area (Å²) >= 11 is 0. The van der Waals surface area contributed by atoms with Gasteiger partial charge in [-0.25, -0.2) is 0 Å². The summed E-state index contributed by atoms with van der Waals surface area (Å²) in [6.45, 7) is 0. The summed E-state index contributed by atoms with van der Waals surface area (Å²) in [4.78, 5) is 0. The van der Waals surface area contributed by atoms with Gasteiger partial charge in [0.25, 0.3) is 0 Å². The Hall–Kier alpha value is 5.31. The van der Waals surface area contributed by atoms with Crippen LogP contribution in [0.5, 0.6) is 0 Å². The zero-order valence-corrected chi connectivity index (χ0v) is 23.9. The third kappa shape index (κ3) is 60.4. The van der Waals surface area contributed by atoms with Crippen molar-refractivity contribution in [1.82, 2.24) is 0 Å². The third-order valence-electron chi connectivity index (χ3n) is 0. The molecule has 0 fully saturated rings. The minimum absolute atomic E-state index is 0. The van der Waals surface area contributed by atoms with Crippen LogP contribution in [0.15, 0.2) is 0 Å². The van der Waals surface area contributed by atoms with Gasteiger partial charge in [-0.2, -0.15) is 0 Å². The van der Waals surface area contributed by atoms with E-state index in [1.54, 1.807) is 0 Å². The summed E-state index contributed by atoms with van der Waals surface area (Å²) in [7, 11) is 0. The van der Waals surface area contributed by atoms with E-state index >= 15 is 0 Å². The van der Waals surface area contributed by atoms with Crippen LogP contribution in [-0.2, 0) is 80.4 Å². The number of hydrogen-bond acceptors (Lipinski definition) is 0. The molecule has 0 heterocycles. The molecule has 0 spiro atoms. The molecule has 0 bridgehead atoms. The van der Waals surface area contributed by atoms with Crippen LogP contribution in [0.3, 0.4) is 0 Å². The molecule has 0 aliphatic rings. The van der Waals surface area contributed by atoms with Crippen molar-refractivity contribution < 1.29 is 80.4 Å². The summed E-state index contributed by atoms with van der Waals surface area (Å²) in [5.74, 6) is 0. The van der Waals surface area contributed by atoms with Crippen molar-refractivity contribution in [2.24, 2.45) is 0 Å². The molecular weight excluding hydrogens is 1130 g/mol. The molecule has 0 amide bonds. The molecule has 0 nitrogen and oxygen atoms in total. The van der Waals surface area contributed by atoms with Gasteiger partial charge in [0.15, 0.2) is 0 Å². The Morgan fingerprint density at radius 3 is 0.222 bits per heavy atom. The number of hydrogen-bond donors (Lipinski definition) is 0. The van der Waals surface area contributed by atoms with E-state index < -0.39 is 0 Å². The van der Waals surface area contributed by atoms with Crippen LogP contribution in [0.4, 0.5) is 0 Å². The molecule has 0 aliphatic carbocycles. The van der Waals surface area contributed by atoms with E-state index in [-0.39, 0.29) is 168 Å². The first-order valence-electron chi connectivity index (χ1n) is 0. The van der Waals surface area contributed by atoms with Gasteiger partial charge in [-0.3, -0.25) is 0 Å². The van der Waals surface area contributed by atoms with E-state index in [0.29, 0.717) is 0 Å². The summed E-state index contributed by atoms with van der Waals surface area (Å²) in [6.07, 6.45) is 0. The molecule has 0 saturated heterocycles. The fourth-order valence-electron chi connectivity index (χ4n) is 0. The third-order valence-corrected chi connectivity index (χ3v) is 0. The smallest absolute Gasteiger partial charge is 0 e. The minimum Gasteiger partial charge on any atom is 0 e. The Bertz CT molecular complexity index is 8.92. The normalized spacial score (nSPS) is 0. The Balaban J connectivity index is 0. The molecule has 9 heavy (non-hydrogen) atoms. The van der Waals surface area contributed by atoms with Gasteiger partial charge in [-0.1, -0.05) is 0 Å². The maximum absolute atomic E-state index is 0. The second kappa shape index (κ2) is 71.5. The van der Waals surface area contributed by atoms with E-state index in [1.165, 1.54) is 0 Å². The van der Waals surface area contributed by atoms with Crippen LogP contribution in [0, 0.1) is 0 Å². The molecule has 0 aromatic rings. The van der Waals surface area contributed by atoms with Crippen molar-refractivity contribution in [3.8, 4) is 0 Å². The first-order chi connectivity index (χ1) is 0. The molecule has 9 heteroatoms. The zero-order chi connectivity index (χ0) is 0. The SMILES string of the molecule is [Ge].[Ge].[Ge].[Ge].[Ge].[Ir].[Ir].[Ir].[Ir]. The van der Waals surface area contributed by atoms with E-state index in [1.807, 2.05) is 0 Å². The Morgan fingerprint density at radius 2 is 0.222 bits per heavy atom. The maximum Gasteiger partial charge on any atom is 0 e. The maximum atomic E-state index is 0. The molecule has 0 N–H and O–H groups in total. The van der Waals surface area contributed by atoms with Gasteiger partial charge < -0.3 is 0 Å². The van der Waals surface area contributed by atoms with Crippen LogP contribution >= 0.6 is 0 Å². The molecular formula is Ge5Ir4. The van der Waals surface area contributed by atoms with Crippen LogP contribution in [0.1, 0.15) is 0 Å². The fraction of sp³-hybridized carbons (Fsp3) is 0. The average Bonchev–Trinajstić information content (AvgIpc) is 0. The molecule has 0 saturated carbocycles. The topological polar surface area (TPSA) is 0 Å². The summed E-state index contributed by atoms with van der Waals surface area (Å²) in [6, 6.07) is 0. The largest absolute Gasteiger partial charge is 0 e. The van der Waals surface area contributed by atoms with Crippen molar-refractivity contribution in [2.75, 3.05) is 0 Å². The van der Waals surface area contributed by atoms with Gasteiger partial charge >= 0.3 is 0 Å². The predicted molar refractivity (Wildman–Crippen MR) is 28.8 cm³/mol. The first kappa shape index (κ1) is 89.9. The summed E-state index contributed by atoms with van der Waals surface area (Å²) in [5.41, 5.74) is 0. The zero-order valence-electron chi connectivity index (χ0n) is 3.83. The van der Waals surface area contributed by atoms with Crippen LogP contribution in [-0.4, -0.2) is 88.0 Å². The van der Waals surface area contributed by atoms with E-state index in [4.69, 9.17) is 0 Å². The number of rotatable bonds is 0. The predicted octanol–water partition coefficient (Wildman–Crippen LogP) is -1.91. The summed E-state index contributed by atoms with van der Waals surface area (Å²) < 4.78 is 0. The first-order valence-corrected chi connectivity index (χ1v) is 0. The molecule has 0 aliphatic heterocycles. The van der Waals surface area contributed by atoms with Crippen molar-refractivity contribution in [3.63, 3.8) is 0 Å². The van der Waals surface area contributed by atoms with Crippen molar-refractivity contribution >= 4 is 88.0 Å².